The van der Waals surface area contributed by atoms with Crippen LogP contribution in [0.15, 0.2) is 15.9 Å². The largest absolute Gasteiger partial charge is 0.148 e. The number of halogens is 2. The smallest absolute Gasteiger partial charge is 0.0314 e. The Bertz CT molecular complexity index is 291. The van der Waals surface area contributed by atoms with Crippen LogP contribution >= 0.6 is 43.2 Å². The van der Waals surface area contributed by atoms with Crippen LogP contribution in [-0.2, 0) is 6.42 Å². The lowest BCUT2D eigenvalue weighted by Crippen LogP contribution is -2.00. The summed E-state index contributed by atoms with van der Waals surface area (Å²) in [5.74, 6) is 0.988. The van der Waals surface area contributed by atoms with Gasteiger partial charge in [0.2, 0.25) is 0 Å². The van der Waals surface area contributed by atoms with Crippen LogP contribution in [0, 0.1) is 5.92 Å². The molecule has 0 nitrogen and oxygen atoms in total. The van der Waals surface area contributed by atoms with Gasteiger partial charge in [-0.25, -0.2) is 0 Å². The predicted molar refractivity (Wildman–Crippen MR) is 70.4 cm³/mol. The fraction of sp³-hybridized carbons (Fsp3) is 0.636. The van der Waals surface area contributed by atoms with Crippen LogP contribution in [0.1, 0.15) is 30.6 Å². The van der Waals surface area contributed by atoms with Gasteiger partial charge in [0.25, 0.3) is 0 Å². The zero-order valence-electron chi connectivity index (χ0n) is 8.01. The van der Waals surface area contributed by atoms with E-state index in [9.17, 15) is 0 Å². The fourth-order valence-electron chi connectivity index (χ4n) is 1.65. The van der Waals surface area contributed by atoms with Gasteiger partial charge in [-0.1, -0.05) is 15.9 Å². The predicted octanol–water partition coefficient (Wildman–Crippen LogP) is 5.01. The quantitative estimate of drug-likeness (QED) is 0.663. The second-order valence-electron chi connectivity index (χ2n) is 3.94. The summed E-state index contributed by atoms with van der Waals surface area (Å²) in [6.07, 6.45) is 6.75. The summed E-state index contributed by atoms with van der Waals surface area (Å²) in [5, 5.41) is 2.16. The van der Waals surface area contributed by atoms with Crippen LogP contribution in [0.25, 0.3) is 0 Å². The van der Waals surface area contributed by atoms with E-state index in [1.165, 1.54) is 41.5 Å². The molecule has 0 aliphatic heterocycles. The Hall–Kier alpha value is 0.660. The Balaban J connectivity index is 1.69. The number of thiophene rings is 1. The van der Waals surface area contributed by atoms with Crippen LogP contribution in [-0.4, -0.2) is 4.83 Å². The molecule has 1 unspecified atom stereocenters. The SMILES string of the molecule is Brc1ccsc1CCCC(Br)C1CC1. The minimum absolute atomic E-state index is 0.779. The molecule has 1 aromatic rings. The Morgan fingerprint density at radius 1 is 1.50 bits per heavy atom. The third kappa shape index (κ3) is 3.07. The number of hydrogen-bond donors (Lipinski definition) is 0. The number of hydrogen-bond acceptors (Lipinski definition) is 1. The summed E-state index contributed by atoms with van der Waals surface area (Å²) >= 11 is 9.22. The Labute approximate surface area is 106 Å². The maximum Gasteiger partial charge on any atom is 0.0314 e. The van der Waals surface area contributed by atoms with Gasteiger partial charge in [-0.05, 0) is 65.4 Å². The summed E-state index contributed by atoms with van der Waals surface area (Å²) in [6, 6.07) is 2.15. The van der Waals surface area contributed by atoms with E-state index in [-0.39, 0.29) is 0 Å². The highest BCUT2D eigenvalue weighted by molar-refractivity contribution is 9.10. The molecular formula is C11H14Br2S. The molecule has 14 heavy (non-hydrogen) atoms. The minimum atomic E-state index is 0.779. The molecule has 0 N–H and O–H groups in total. The molecule has 2 rings (SSSR count). The van der Waals surface area contributed by atoms with Crippen molar-refractivity contribution < 1.29 is 0 Å². The van der Waals surface area contributed by atoms with Crippen molar-refractivity contribution in [1.82, 2.24) is 0 Å². The van der Waals surface area contributed by atoms with Gasteiger partial charge >= 0.3 is 0 Å². The van der Waals surface area contributed by atoms with Crippen molar-refractivity contribution in [1.29, 1.82) is 0 Å². The van der Waals surface area contributed by atoms with Gasteiger partial charge in [0.05, 0.1) is 0 Å². The first-order chi connectivity index (χ1) is 6.77. The van der Waals surface area contributed by atoms with E-state index in [2.05, 4.69) is 43.3 Å². The van der Waals surface area contributed by atoms with Gasteiger partial charge in [-0.15, -0.1) is 11.3 Å². The van der Waals surface area contributed by atoms with Gasteiger partial charge in [0.15, 0.2) is 0 Å². The van der Waals surface area contributed by atoms with E-state index in [0.29, 0.717) is 0 Å². The van der Waals surface area contributed by atoms with Crippen LogP contribution in [0.2, 0.25) is 0 Å². The van der Waals surface area contributed by atoms with Gasteiger partial charge in [-0.2, -0.15) is 0 Å². The van der Waals surface area contributed by atoms with Crippen LogP contribution < -0.4 is 0 Å². The van der Waals surface area contributed by atoms with Crippen molar-refractivity contribution in [3.63, 3.8) is 0 Å². The summed E-state index contributed by atoms with van der Waals surface area (Å²) in [6.45, 7) is 0. The van der Waals surface area contributed by atoms with E-state index in [0.717, 1.165) is 10.7 Å². The van der Waals surface area contributed by atoms with E-state index in [4.69, 9.17) is 0 Å². The highest BCUT2D eigenvalue weighted by Crippen LogP contribution is 2.39. The lowest BCUT2D eigenvalue weighted by molar-refractivity contribution is 0.656. The standard InChI is InChI=1S/C11H14Br2S/c12-9(8-4-5-8)2-1-3-11-10(13)6-7-14-11/h6-9H,1-5H2. The van der Waals surface area contributed by atoms with E-state index in [1.807, 2.05) is 11.3 Å². The van der Waals surface area contributed by atoms with Crippen LogP contribution in [0.3, 0.4) is 0 Å². The summed E-state index contributed by atoms with van der Waals surface area (Å²) in [7, 11) is 0. The zero-order chi connectivity index (χ0) is 9.97. The molecule has 0 saturated heterocycles. The number of rotatable bonds is 5. The van der Waals surface area contributed by atoms with Gasteiger partial charge < -0.3 is 0 Å². The van der Waals surface area contributed by atoms with E-state index < -0.39 is 0 Å². The molecule has 1 aliphatic rings. The lowest BCUT2D eigenvalue weighted by Gasteiger charge is -2.06. The molecule has 3 heteroatoms. The Morgan fingerprint density at radius 2 is 2.29 bits per heavy atom. The molecule has 1 aliphatic carbocycles. The molecule has 1 heterocycles. The Kier molecular flexibility index (Phi) is 4.09. The molecule has 0 radical (unpaired) electrons. The molecule has 1 saturated carbocycles. The van der Waals surface area contributed by atoms with E-state index >= 15 is 0 Å². The van der Waals surface area contributed by atoms with Crippen molar-refractivity contribution in [2.24, 2.45) is 5.92 Å². The molecule has 0 spiro atoms. The third-order valence-corrected chi connectivity index (χ3v) is 5.90. The van der Waals surface area contributed by atoms with Crippen molar-refractivity contribution in [2.45, 2.75) is 36.9 Å². The molecular weight excluding hydrogens is 324 g/mol. The maximum atomic E-state index is 3.78. The van der Waals surface area contributed by atoms with Crippen molar-refractivity contribution >= 4 is 43.2 Å². The monoisotopic (exact) mass is 336 g/mol. The lowest BCUT2D eigenvalue weighted by atomic mass is 10.1. The summed E-state index contributed by atoms with van der Waals surface area (Å²) < 4.78 is 1.29. The average Bonchev–Trinajstić information content (AvgIpc) is 2.93. The van der Waals surface area contributed by atoms with Crippen molar-refractivity contribution in [3.05, 3.63) is 20.8 Å². The average molecular weight is 338 g/mol. The van der Waals surface area contributed by atoms with Crippen LogP contribution in [0.5, 0.6) is 0 Å². The molecule has 0 bridgehead atoms. The van der Waals surface area contributed by atoms with Crippen molar-refractivity contribution in [3.8, 4) is 0 Å². The highest BCUT2D eigenvalue weighted by atomic mass is 79.9. The zero-order valence-corrected chi connectivity index (χ0v) is 12.0. The molecule has 1 atom stereocenters. The first kappa shape index (κ1) is 11.2. The second-order valence-corrected chi connectivity index (χ2v) is 6.97. The fourth-order valence-corrected chi connectivity index (χ4v) is 4.10. The number of aryl methyl sites for hydroxylation is 1. The molecule has 1 aromatic heterocycles. The van der Waals surface area contributed by atoms with Crippen LogP contribution in [0.4, 0.5) is 0 Å². The topological polar surface area (TPSA) is 0 Å². The molecule has 78 valence electrons. The van der Waals surface area contributed by atoms with Crippen molar-refractivity contribution in [2.75, 3.05) is 0 Å². The first-order valence-electron chi connectivity index (χ1n) is 5.13. The molecule has 1 fully saturated rings. The molecule has 0 amide bonds. The van der Waals surface area contributed by atoms with Gasteiger partial charge in [-0.3, -0.25) is 0 Å². The maximum absolute atomic E-state index is 3.78. The molecule has 0 aromatic carbocycles. The Morgan fingerprint density at radius 3 is 2.86 bits per heavy atom. The number of alkyl halides is 1. The summed E-state index contributed by atoms with van der Waals surface area (Å²) in [4.78, 5) is 2.28. The second kappa shape index (κ2) is 5.13. The van der Waals surface area contributed by atoms with Gasteiger partial charge in [0.1, 0.15) is 0 Å². The van der Waals surface area contributed by atoms with E-state index in [1.54, 1.807) is 0 Å². The van der Waals surface area contributed by atoms with Gasteiger partial charge in [0, 0.05) is 14.2 Å². The highest BCUT2D eigenvalue weighted by Gasteiger charge is 2.28. The minimum Gasteiger partial charge on any atom is -0.148 e. The normalized spacial score (nSPS) is 18.4. The first-order valence-corrected chi connectivity index (χ1v) is 7.72. The summed E-state index contributed by atoms with van der Waals surface area (Å²) in [5.41, 5.74) is 0. The third-order valence-electron chi connectivity index (χ3n) is 2.71.